The standard InChI is InChI=1S/C25H30FN3O/c1-18-19(2)29(17-20-6-9-22(26)10-7-20)24-11-8-21(16-23(18)24)25(30)27-12-5-15-28-13-3-4-14-28/h6-11,16H,3-5,12-15,17H2,1-2H3,(H,27,30). The molecule has 1 aliphatic heterocycles. The Morgan fingerprint density at radius 2 is 1.80 bits per heavy atom. The van der Waals surface area contributed by atoms with E-state index in [2.05, 4.69) is 28.6 Å². The summed E-state index contributed by atoms with van der Waals surface area (Å²) < 4.78 is 15.5. The number of aromatic nitrogens is 1. The van der Waals surface area contributed by atoms with Crippen molar-refractivity contribution in [2.45, 2.75) is 39.7 Å². The molecule has 0 radical (unpaired) electrons. The van der Waals surface area contributed by atoms with E-state index in [1.54, 1.807) is 0 Å². The second-order valence-corrected chi connectivity index (χ2v) is 8.31. The Labute approximate surface area is 177 Å². The van der Waals surface area contributed by atoms with Gasteiger partial charge in [-0.3, -0.25) is 4.79 Å². The van der Waals surface area contributed by atoms with Gasteiger partial charge in [0.05, 0.1) is 0 Å². The van der Waals surface area contributed by atoms with E-state index in [1.807, 2.05) is 30.3 Å². The van der Waals surface area contributed by atoms with Gasteiger partial charge in [-0.25, -0.2) is 4.39 Å². The molecule has 5 heteroatoms. The molecule has 2 heterocycles. The van der Waals surface area contributed by atoms with Crippen LogP contribution in [0.5, 0.6) is 0 Å². The fourth-order valence-electron chi connectivity index (χ4n) is 4.38. The van der Waals surface area contributed by atoms with Crippen LogP contribution in [0.25, 0.3) is 10.9 Å². The molecule has 0 unspecified atom stereocenters. The smallest absolute Gasteiger partial charge is 0.251 e. The topological polar surface area (TPSA) is 37.3 Å². The van der Waals surface area contributed by atoms with Gasteiger partial charge in [0.15, 0.2) is 0 Å². The zero-order valence-corrected chi connectivity index (χ0v) is 17.9. The lowest BCUT2D eigenvalue weighted by atomic mass is 10.1. The second kappa shape index (κ2) is 9.00. The maximum atomic E-state index is 13.2. The number of carbonyl (C=O) groups is 1. The number of likely N-dealkylation sites (tertiary alicyclic amines) is 1. The highest BCUT2D eigenvalue weighted by atomic mass is 19.1. The molecule has 1 N–H and O–H groups in total. The molecule has 4 nitrogen and oxygen atoms in total. The maximum Gasteiger partial charge on any atom is 0.251 e. The Hall–Kier alpha value is -2.66. The zero-order chi connectivity index (χ0) is 21.1. The number of hydrogen-bond acceptors (Lipinski definition) is 2. The molecule has 1 saturated heterocycles. The first kappa shape index (κ1) is 20.6. The molecule has 2 aromatic carbocycles. The summed E-state index contributed by atoms with van der Waals surface area (Å²) in [4.78, 5) is 15.1. The average Bonchev–Trinajstić information content (AvgIpc) is 3.35. The van der Waals surface area contributed by atoms with Crippen molar-refractivity contribution in [1.82, 2.24) is 14.8 Å². The molecule has 1 fully saturated rings. The number of amides is 1. The zero-order valence-electron chi connectivity index (χ0n) is 17.9. The van der Waals surface area contributed by atoms with Crippen molar-refractivity contribution in [3.63, 3.8) is 0 Å². The summed E-state index contributed by atoms with van der Waals surface area (Å²) in [5.74, 6) is -0.234. The van der Waals surface area contributed by atoms with Crippen LogP contribution in [-0.2, 0) is 6.54 Å². The van der Waals surface area contributed by atoms with Crippen molar-refractivity contribution < 1.29 is 9.18 Å². The van der Waals surface area contributed by atoms with E-state index in [4.69, 9.17) is 0 Å². The highest BCUT2D eigenvalue weighted by Crippen LogP contribution is 2.27. The Kier molecular flexibility index (Phi) is 6.18. The quantitative estimate of drug-likeness (QED) is 0.579. The van der Waals surface area contributed by atoms with Crippen LogP contribution >= 0.6 is 0 Å². The van der Waals surface area contributed by atoms with Gasteiger partial charge in [-0.1, -0.05) is 12.1 Å². The normalized spacial score (nSPS) is 14.5. The molecule has 1 amide bonds. The number of fused-ring (bicyclic) bond motifs is 1. The van der Waals surface area contributed by atoms with E-state index in [9.17, 15) is 9.18 Å². The molecule has 0 spiro atoms. The third kappa shape index (κ3) is 4.41. The van der Waals surface area contributed by atoms with E-state index in [0.29, 0.717) is 18.7 Å². The SMILES string of the molecule is Cc1c(C)n(Cc2ccc(F)cc2)c2ccc(C(=O)NCCCN3CCCC3)cc12. The number of carbonyl (C=O) groups excluding carboxylic acids is 1. The van der Waals surface area contributed by atoms with Gasteiger partial charge in [0.1, 0.15) is 5.82 Å². The number of nitrogens with zero attached hydrogens (tertiary/aromatic N) is 2. The molecule has 0 bridgehead atoms. The van der Waals surface area contributed by atoms with Crippen LogP contribution < -0.4 is 5.32 Å². The number of benzene rings is 2. The largest absolute Gasteiger partial charge is 0.352 e. The molecule has 0 saturated carbocycles. The van der Waals surface area contributed by atoms with Crippen molar-refractivity contribution in [1.29, 1.82) is 0 Å². The monoisotopic (exact) mass is 407 g/mol. The van der Waals surface area contributed by atoms with E-state index in [1.165, 1.54) is 43.6 Å². The van der Waals surface area contributed by atoms with Crippen LogP contribution in [0.1, 0.15) is 46.4 Å². The first-order chi connectivity index (χ1) is 14.5. The van der Waals surface area contributed by atoms with Crippen LogP contribution in [0.3, 0.4) is 0 Å². The summed E-state index contributed by atoms with van der Waals surface area (Å²) in [6, 6.07) is 12.6. The average molecular weight is 408 g/mol. The molecule has 0 aliphatic carbocycles. The van der Waals surface area contributed by atoms with Crippen LogP contribution in [0, 0.1) is 19.7 Å². The van der Waals surface area contributed by atoms with Gasteiger partial charge < -0.3 is 14.8 Å². The van der Waals surface area contributed by atoms with Crippen LogP contribution in [0.15, 0.2) is 42.5 Å². The minimum Gasteiger partial charge on any atom is -0.352 e. The summed E-state index contributed by atoms with van der Waals surface area (Å²) in [5, 5.41) is 4.16. The van der Waals surface area contributed by atoms with Gasteiger partial charge >= 0.3 is 0 Å². The first-order valence-corrected chi connectivity index (χ1v) is 10.9. The molecule has 1 aliphatic rings. The minimum absolute atomic E-state index is 0.0124. The van der Waals surface area contributed by atoms with Crippen LogP contribution in [-0.4, -0.2) is 41.6 Å². The lowest BCUT2D eigenvalue weighted by Gasteiger charge is -2.14. The van der Waals surface area contributed by atoms with Gasteiger partial charge in [0.25, 0.3) is 5.91 Å². The number of halogens is 1. The third-order valence-electron chi connectivity index (χ3n) is 6.29. The van der Waals surface area contributed by atoms with Crippen LogP contribution in [0.4, 0.5) is 4.39 Å². The number of hydrogen-bond donors (Lipinski definition) is 1. The molecular weight excluding hydrogens is 377 g/mol. The summed E-state index contributed by atoms with van der Waals surface area (Å²) in [7, 11) is 0. The third-order valence-corrected chi connectivity index (χ3v) is 6.29. The summed E-state index contributed by atoms with van der Waals surface area (Å²) >= 11 is 0. The lowest BCUT2D eigenvalue weighted by Crippen LogP contribution is -2.28. The Morgan fingerprint density at radius 1 is 1.07 bits per heavy atom. The highest BCUT2D eigenvalue weighted by molar-refractivity contribution is 5.99. The van der Waals surface area contributed by atoms with E-state index >= 15 is 0 Å². The Balaban J connectivity index is 1.46. The molecule has 0 atom stereocenters. The summed E-state index contributed by atoms with van der Waals surface area (Å²) in [6.07, 6.45) is 3.58. The fraction of sp³-hybridized carbons (Fsp3) is 0.400. The van der Waals surface area contributed by atoms with Gasteiger partial charge in [-0.05, 0) is 94.2 Å². The molecular formula is C25H30FN3O. The molecule has 3 aromatic rings. The van der Waals surface area contributed by atoms with E-state index in [-0.39, 0.29) is 11.7 Å². The second-order valence-electron chi connectivity index (χ2n) is 8.31. The Bertz CT molecular complexity index is 1030. The minimum atomic E-state index is -0.222. The fourth-order valence-corrected chi connectivity index (χ4v) is 4.38. The van der Waals surface area contributed by atoms with E-state index in [0.717, 1.165) is 35.1 Å². The summed E-state index contributed by atoms with van der Waals surface area (Å²) in [5.41, 5.74) is 5.19. The number of rotatable bonds is 7. The van der Waals surface area contributed by atoms with Crippen molar-refractivity contribution in [3.8, 4) is 0 Å². The van der Waals surface area contributed by atoms with Gasteiger partial charge in [0, 0.05) is 35.2 Å². The first-order valence-electron chi connectivity index (χ1n) is 10.9. The van der Waals surface area contributed by atoms with Crippen molar-refractivity contribution in [2.24, 2.45) is 0 Å². The van der Waals surface area contributed by atoms with Crippen molar-refractivity contribution >= 4 is 16.8 Å². The molecule has 30 heavy (non-hydrogen) atoms. The van der Waals surface area contributed by atoms with Crippen LogP contribution in [0.2, 0.25) is 0 Å². The number of nitrogens with one attached hydrogen (secondary N) is 1. The van der Waals surface area contributed by atoms with Gasteiger partial charge in [-0.15, -0.1) is 0 Å². The van der Waals surface area contributed by atoms with Crippen molar-refractivity contribution in [2.75, 3.05) is 26.2 Å². The predicted molar refractivity (Wildman–Crippen MR) is 120 cm³/mol. The summed E-state index contributed by atoms with van der Waals surface area (Å²) in [6.45, 7) is 9.02. The lowest BCUT2D eigenvalue weighted by molar-refractivity contribution is 0.0952. The van der Waals surface area contributed by atoms with Gasteiger partial charge in [-0.2, -0.15) is 0 Å². The van der Waals surface area contributed by atoms with E-state index < -0.39 is 0 Å². The Morgan fingerprint density at radius 3 is 2.53 bits per heavy atom. The molecule has 158 valence electrons. The number of aryl methyl sites for hydroxylation is 1. The van der Waals surface area contributed by atoms with Crippen molar-refractivity contribution in [3.05, 3.63) is 70.7 Å². The predicted octanol–water partition coefficient (Wildman–Crippen LogP) is 4.66. The molecule has 1 aromatic heterocycles. The maximum absolute atomic E-state index is 13.2. The highest BCUT2D eigenvalue weighted by Gasteiger charge is 2.15. The molecule has 4 rings (SSSR count). The van der Waals surface area contributed by atoms with Gasteiger partial charge in [0.2, 0.25) is 0 Å².